The predicted octanol–water partition coefficient (Wildman–Crippen LogP) is 1.89. The molecule has 1 aliphatic carbocycles. The molecule has 0 spiro atoms. The van der Waals surface area contributed by atoms with E-state index in [1.54, 1.807) is 26.0 Å². The number of rotatable bonds is 4. The maximum atomic E-state index is 12.3. The molecule has 1 saturated carbocycles. The Kier molecular flexibility index (Phi) is 3.04. The van der Waals surface area contributed by atoms with Crippen LogP contribution in [0.25, 0.3) is 0 Å². The van der Waals surface area contributed by atoms with Gasteiger partial charge in [0.1, 0.15) is 0 Å². The van der Waals surface area contributed by atoms with Gasteiger partial charge in [-0.1, -0.05) is 18.2 Å². The summed E-state index contributed by atoms with van der Waals surface area (Å²) in [5, 5.41) is 9.01. The number of aliphatic hydroxyl groups excluding tert-OH is 1. The Hall–Kier alpha value is -0.870. The lowest BCUT2D eigenvalue weighted by molar-refractivity contribution is 0.253. The van der Waals surface area contributed by atoms with Gasteiger partial charge < -0.3 is 5.11 Å². The summed E-state index contributed by atoms with van der Waals surface area (Å²) in [6, 6.07) is 7.06. The van der Waals surface area contributed by atoms with Gasteiger partial charge >= 0.3 is 0 Å². The van der Waals surface area contributed by atoms with Crippen molar-refractivity contribution >= 4 is 9.84 Å². The molecule has 1 N–H and O–H groups in total. The Morgan fingerprint density at radius 2 is 1.88 bits per heavy atom. The van der Waals surface area contributed by atoms with Crippen molar-refractivity contribution in [3.05, 3.63) is 29.8 Å². The largest absolute Gasteiger partial charge is 0.395 e. The molecule has 0 saturated heterocycles. The molecule has 1 aromatic rings. The van der Waals surface area contributed by atoms with Crippen LogP contribution >= 0.6 is 0 Å². The number of benzene rings is 1. The van der Waals surface area contributed by atoms with E-state index in [0.29, 0.717) is 4.90 Å². The van der Waals surface area contributed by atoms with Crippen LogP contribution in [0, 0.1) is 0 Å². The topological polar surface area (TPSA) is 54.4 Å². The van der Waals surface area contributed by atoms with Crippen molar-refractivity contribution in [1.29, 1.82) is 0 Å². The van der Waals surface area contributed by atoms with Crippen LogP contribution in [0.2, 0.25) is 0 Å². The summed E-state index contributed by atoms with van der Waals surface area (Å²) in [5.74, 6) is 0. The molecular formula is C13H18O3S. The van der Waals surface area contributed by atoms with Crippen LogP contribution in [-0.4, -0.2) is 25.4 Å². The fourth-order valence-electron chi connectivity index (χ4n) is 2.07. The SMILES string of the molecule is CC(C)S(=O)(=O)c1ccccc1C1(CO)CC1. The average Bonchev–Trinajstić information content (AvgIpc) is 3.09. The van der Waals surface area contributed by atoms with Crippen molar-refractivity contribution in [3.63, 3.8) is 0 Å². The molecule has 0 amide bonds. The lowest BCUT2D eigenvalue weighted by Gasteiger charge is -2.18. The van der Waals surface area contributed by atoms with E-state index in [1.165, 1.54) is 0 Å². The Morgan fingerprint density at radius 3 is 2.35 bits per heavy atom. The average molecular weight is 254 g/mol. The van der Waals surface area contributed by atoms with Crippen molar-refractivity contribution in [2.45, 2.75) is 42.2 Å². The second-order valence-electron chi connectivity index (χ2n) is 5.03. The Labute approximate surface area is 102 Å². The third kappa shape index (κ3) is 2.00. The van der Waals surface area contributed by atoms with E-state index in [-0.39, 0.29) is 12.0 Å². The molecule has 94 valence electrons. The molecule has 1 aliphatic rings. The Bertz CT molecular complexity index is 513. The highest BCUT2D eigenvalue weighted by atomic mass is 32.2. The summed E-state index contributed by atoms with van der Waals surface area (Å²) in [6.45, 7) is 3.40. The normalized spacial score (nSPS) is 18.4. The quantitative estimate of drug-likeness (QED) is 0.892. The molecule has 0 bridgehead atoms. The summed E-state index contributed by atoms with van der Waals surface area (Å²) in [6.07, 6.45) is 1.74. The van der Waals surface area contributed by atoms with E-state index < -0.39 is 15.1 Å². The molecule has 0 aliphatic heterocycles. The summed E-state index contributed by atoms with van der Waals surface area (Å²) in [7, 11) is -3.27. The fraction of sp³-hybridized carbons (Fsp3) is 0.538. The van der Waals surface area contributed by atoms with Crippen molar-refractivity contribution < 1.29 is 13.5 Å². The zero-order valence-corrected chi connectivity index (χ0v) is 11.0. The van der Waals surface area contributed by atoms with Crippen LogP contribution in [0.5, 0.6) is 0 Å². The molecule has 0 unspecified atom stereocenters. The Morgan fingerprint density at radius 1 is 1.29 bits per heavy atom. The minimum absolute atomic E-state index is 0.0254. The molecule has 0 heterocycles. The number of hydrogen-bond acceptors (Lipinski definition) is 3. The smallest absolute Gasteiger partial charge is 0.180 e. The first-order chi connectivity index (χ1) is 7.94. The van der Waals surface area contributed by atoms with Gasteiger partial charge in [0.15, 0.2) is 9.84 Å². The first-order valence-corrected chi connectivity index (χ1v) is 7.43. The standard InChI is InChI=1S/C13H18O3S/c1-10(2)17(15,16)12-6-4-3-5-11(12)13(9-14)7-8-13/h3-6,10,14H,7-9H2,1-2H3. The fourth-order valence-corrected chi connectivity index (χ4v) is 3.44. The molecule has 1 fully saturated rings. The molecule has 0 radical (unpaired) electrons. The number of aliphatic hydroxyl groups is 1. The number of sulfone groups is 1. The van der Waals surface area contributed by atoms with Crippen LogP contribution in [0.4, 0.5) is 0 Å². The van der Waals surface area contributed by atoms with Crippen LogP contribution in [0.3, 0.4) is 0 Å². The third-order valence-corrected chi connectivity index (χ3v) is 5.75. The van der Waals surface area contributed by atoms with Crippen molar-refractivity contribution in [2.75, 3.05) is 6.61 Å². The van der Waals surface area contributed by atoms with Crippen LogP contribution < -0.4 is 0 Å². The van der Waals surface area contributed by atoms with Gasteiger partial charge in [-0.05, 0) is 38.3 Å². The van der Waals surface area contributed by atoms with Gasteiger partial charge in [0.25, 0.3) is 0 Å². The van der Waals surface area contributed by atoms with Crippen LogP contribution in [0.1, 0.15) is 32.3 Å². The maximum absolute atomic E-state index is 12.3. The minimum atomic E-state index is -3.27. The van der Waals surface area contributed by atoms with Gasteiger partial charge in [-0.15, -0.1) is 0 Å². The molecule has 0 atom stereocenters. The molecule has 1 aromatic carbocycles. The van der Waals surface area contributed by atoms with Crippen molar-refractivity contribution in [3.8, 4) is 0 Å². The van der Waals surface area contributed by atoms with E-state index >= 15 is 0 Å². The predicted molar refractivity (Wildman–Crippen MR) is 66.8 cm³/mol. The van der Waals surface area contributed by atoms with Crippen LogP contribution in [-0.2, 0) is 15.3 Å². The number of hydrogen-bond donors (Lipinski definition) is 1. The highest BCUT2D eigenvalue weighted by Crippen LogP contribution is 2.49. The van der Waals surface area contributed by atoms with Gasteiger partial charge in [-0.3, -0.25) is 0 Å². The summed E-state index contributed by atoms with van der Waals surface area (Å²) in [4.78, 5) is 0.390. The molecule has 2 rings (SSSR count). The molecule has 17 heavy (non-hydrogen) atoms. The van der Waals surface area contributed by atoms with E-state index in [0.717, 1.165) is 18.4 Å². The van der Waals surface area contributed by atoms with Crippen molar-refractivity contribution in [1.82, 2.24) is 0 Å². The van der Waals surface area contributed by atoms with Gasteiger partial charge in [0.2, 0.25) is 0 Å². The highest BCUT2D eigenvalue weighted by Gasteiger charge is 2.46. The lowest BCUT2D eigenvalue weighted by atomic mass is 9.97. The first-order valence-electron chi connectivity index (χ1n) is 5.88. The zero-order valence-electron chi connectivity index (χ0n) is 10.2. The van der Waals surface area contributed by atoms with Gasteiger partial charge in [-0.2, -0.15) is 0 Å². The monoisotopic (exact) mass is 254 g/mol. The summed E-state index contributed by atoms with van der Waals surface area (Å²) < 4.78 is 24.5. The van der Waals surface area contributed by atoms with E-state index in [4.69, 9.17) is 0 Å². The van der Waals surface area contributed by atoms with E-state index in [1.807, 2.05) is 12.1 Å². The lowest BCUT2D eigenvalue weighted by Crippen LogP contribution is -2.21. The second-order valence-corrected chi connectivity index (χ2v) is 7.50. The minimum Gasteiger partial charge on any atom is -0.395 e. The van der Waals surface area contributed by atoms with Gasteiger partial charge in [-0.25, -0.2) is 8.42 Å². The van der Waals surface area contributed by atoms with Gasteiger partial charge in [0.05, 0.1) is 16.8 Å². The molecule has 3 nitrogen and oxygen atoms in total. The van der Waals surface area contributed by atoms with Gasteiger partial charge in [0, 0.05) is 5.41 Å². The van der Waals surface area contributed by atoms with Crippen molar-refractivity contribution in [2.24, 2.45) is 0 Å². The van der Waals surface area contributed by atoms with Crippen LogP contribution in [0.15, 0.2) is 29.2 Å². The molecule has 0 aromatic heterocycles. The van der Waals surface area contributed by atoms with E-state index in [2.05, 4.69) is 0 Å². The summed E-state index contributed by atoms with van der Waals surface area (Å²) in [5.41, 5.74) is 0.481. The second kappa shape index (κ2) is 4.10. The highest BCUT2D eigenvalue weighted by molar-refractivity contribution is 7.92. The molecular weight excluding hydrogens is 236 g/mol. The third-order valence-electron chi connectivity index (χ3n) is 3.54. The summed E-state index contributed by atoms with van der Waals surface area (Å²) >= 11 is 0. The first kappa shape index (κ1) is 12.6. The molecule has 4 heteroatoms. The van der Waals surface area contributed by atoms with E-state index in [9.17, 15) is 13.5 Å². The maximum Gasteiger partial charge on any atom is 0.180 e. The Balaban J connectivity index is 2.57. The zero-order chi connectivity index (χ0) is 12.7.